The highest BCUT2D eigenvalue weighted by Gasteiger charge is 2.08. The molecule has 0 atom stereocenters. The van der Waals surface area contributed by atoms with Gasteiger partial charge in [-0.3, -0.25) is 4.72 Å². The van der Waals surface area contributed by atoms with Crippen LogP contribution in [0, 0.1) is 6.92 Å². The molecule has 0 fully saturated rings. The van der Waals surface area contributed by atoms with Crippen molar-refractivity contribution in [2.45, 2.75) is 13.8 Å². The molecular formula is C11H18N2O2S. The van der Waals surface area contributed by atoms with Crippen LogP contribution < -0.4 is 9.62 Å². The average molecular weight is 242 g/mol. The van der Waals surface area contributed by atoms with Crippen molar-refractivity contribution in [3.63, 3.8) is 0 Å². The second-order valence-corrected chi connectivity index (χ2v) is 5.91. The fourth-order valence-corrected chi connectivity index (χ4v) is 2.10. The molecule has 1 aromatic carbocycles. The van der Waals surface area contributed by atoms with Crippen molar-refractivity contribution in [3.8, 4) is 0 Å². The van der Waals surface area contributed by atoms with E-state index in [0.717, 1.165) is 11.3 Å². The minimum Gasteiger partial charge on any atom is -0.377 e. The van der Waals surface area contributed by atoms with Crippen LogP contribution in [0.5, 0.6) is 0 Å². The first-order valence-corrected chi connectivity index (χ1v) is 6.79. The van der Waals surface area contributed by atoms with Gasteiger partial charge in [-0.05, 0) is 37.6 Å². The highest BCUT2D eigenvalue weighted by molar-refractivity contribution is 7.92. The van der Waals surface area contributed by atoms with Gasteiger partial charge in [0, 0.05) is 25.5 Å². The smallest absolute Gasteiger partial charge is 0.232 e. The number of hydrogen-bond acceptors (Lipinski definition) is 3. The molecule has 4 nitrogen and oxygen atoms in total. The van der Waals surface area contributed by atoms with E-state index in [9.17, 15) is 8.42 Å². The summed E-state index contributed by atoms with van der Waals surface area (Å²) < 4.78 is 25.3. The molecule has 5 heteroatoms. The van der Waals surface area contributed by atoms with Gasteiger partial charge in [-0.15, -0.1) is 0 Å². The Labute approximate surface area is 97.3 Å². The predicted molar refractivity (Wildman–Crippen MR) is 68.6 cm³/mol. The molecule has 0 heterocycles. The predicted octanol–water partition coefficient (Wildman–Crippen LogP) is 1.82. The van der Waals surface area contributed by atoms with Crippen LogP contribution in [0.1, 0.15) is 12.5 Å². The minimum atomic E-state index is -3.19. The van der Waals surface area contributed by atoms with E-state index in [0.29, 0.717) is 5.69 Å². The van der Waals surface area contributed by atoms with Gasteiger partial charge in [-0.25, -0.2) is 8.42 Å². The van der Waals surface area contributed by atoms with E-state index in [1.165, 1.54) is 0 Å². The standard InChI is InChI=1S/C11H18N2O2S/c1-5-16(14,15)12-10-6-7-11(13(3)4)9(2)8-10/h6-8,12H,5H2,1-4H3. The number of nitrogens with one attached hydrogen (secondary N) is 1. The second kappa shape index (κ2) is 4.74. The van der Waals surface area contributed by atoms with Crippen molar-refractivity contribution in [1.29, 1.82) is 0 Å². The Balaban J connectivity index is 2.99. The summed E-state index contributed by atoms with van der Waals surface area (Å²) in [5.74, 6) is 0.0848. The molecule has 1 N–H and O–H groups in total. The van der Waals surface area contributed by atoms with Crippen LogP contribution in [0.3, 0.4) is 0 Å². The van der Waals surface area contributed by atoms with Gasteiger partial charge >= 0.3 is 0 Å². The molecule has 1 rings (SSSR count). The lowest BCUT2D eigenvalue weighted by atomic mass is 10.2. The Hall–Kier alpha value is -1.23. The minimum absolute atomic E-state index is 0.0848. The average Bonchev–Trinajstić information content (AvgIpc) is 2.16. The highest BCUT2D eigenvalue weighted by Crippen LogP contribution is 2.22. The van der Waals surface area contributed by atoms with Crippen LogP contribution in [0.2, 0.25) is 0 Å². The van der Waals surface area contributed by atoms with E-state index < -0.39 is 10.0 Å². The van der Waals surface area contributed by atoms with Gasteiger partial charge in [0.05, 0.1) is 5.75 Å². The molecule has 0 bridgehead atoms. The summed E-state index contributed by atoms with van der Waals surface area (Å²) in [6, 6.07) is 5.51. The molecule has 90 valence electrons. The van der Waals surface area contributed by atoms with E-state index in [1.807, 2.05) is 38.1 Å². The van der Waals surface area contributed by atoms with Crippen LogP contribution in [-0.2, 0) is 10.0 Å². The van der Waals surface area contributed by atoms with E-state index in [1.54, 1.807) is 13.0 Å². The van der Waals surface area contributed by atoms with Crippen molar-refractivity contribution < 1.29 is 8.42 Å². The molecule has 0 aliphatic carbocycles. The van der Waals surface area contributed by atoms with Crippen LogP contribution in [0.15, 0.2) is 18.2 Å². The van der Waals surface area contributed by atoms with Crippen LogP contribution in [-0.4, -0.2) is 28.3 Å². The quantitative estimate of drug-likeness (QED) is 0.876. The molecule has 0 aliphatic rings. The maximum absolute atomic E-state index is 11.4. The molecule has 0 aromatic heterocycles. The molecule has 1 aromatic rings. The molecule has 0 aliphatic heterocycles. The molecular weight excluding hydrogens is 224 g/mol. The van der Waals surface area contributed by atoms with Gasteiger partial charge in [-0.1, -0.05) is 0 Å². The van der Waals surface area contributed by atoms with Crippen molar-refractivity contribution in [2.24, 2.45) is 0 Å². The maximum atomic E-state index is 11.4. The number of aryl methyl sites for hydroxylation is 1. The Bertz CT molecular complexity index is 467. The van der Waals surface area contributed by atoms with E-state index >= 15 is 0 Å². The molecule has 0 unspecified atom stereocenters. The van der Waals surface area contributed by atoms with Crippen molar-refractivity contribution in [3.05, 3.63) is 23.8 Å². The van der Waals surface area contributed by atoms with E-state index in [2.05, 4.69) is 4.72 Å². The molecule has 0 spiro atoms. The van der Waals surface area contributed by atoms with Gasteiger partial charge in [-0.2, -0.15) is 0 Å². The maximum Gasteiger partial charge on any atom is 0.232 e. The van der Waals surface area contributed by atoms with Gasteiger partial charge < -0.3 is 4.90 Å². The first-order chi connectivity index (χ1) is 7.35. The number of hydrogen-bond donors (Lipinski definition) is 1. The summed E-state index contributed by atoms with van der Waals surface area (Å²) in [6.45, 7) is 3.57. The number of sulfonamides is 1. The highest BCUT2D eigenvalue weighted by atomic mass is 32.2. The Morgan fingerprint density at radius 2 is 1.94 bits per heavy atom. The lowest BCUT2D eigenvalue weighted by Crippen LogP contribution is -2.15. The Morgan fingerprint density at radius 3 is 2.38 bits per heavy atom. The van der Waals surface area contributed by atoms with Crippen LogP contribution in [0.4, 0.5) is 11.4 Å². The lowest BCUT2D eigenvalue weighted by molar-refractivity contribution is 0.602. The third kappa shape index (κ3) is 3.13. The summed E-state index contributed by atoms with van der Waals surface area (Å²) in [4.78, 5) is 1.99. The normalized spacial score (nSPS) is 11.2. The largest absolute Gasteiger partial charge is 0.377 e. The fraction of sp³-hybridized carbons (Fsp3) is 0.455. The number of anilines is 2. The zero-order chi connectivity index (χ0) is 12.3. The zero-order valence-corrected chi connectivity index (χ0v) is 10.9. The van der Waals surface area contributed by atoms with Gasteiger partial charge in [0.25, 0.3) is 0 Å². The second-order valence-electron chi connectivity index (χ2n) is 3.90. The van der Waals surface area contributed by atoms with Gasteiger partial charge in [0.2, 0.25) is 10.0 Å². The first-order valence-electron chi connectivity index (χ1n) is 5.14. The van der Waals surface area contributed by atoms with Crippen LogP contribution >= 0.6 is 0 Å². The van der Waals surface area contributed by atoms with Gasteiger partial charge in [0.1, 0.15) is 0 Å². The summed E-state index contributed by atoms with van der Waals surface area (Å²) >= 11 is 0. The summed E-state index contributed by atoms with van der Waals surface area (Å²) in [6.07, 6.45) is 0. The van der Waals surface area contributed by atoms with Gasteiger partial charge in [0.15, 0.2) is 0 Å². The fourth-order valence-electron chi connectivity index (χ4n) is 1.47. The summed E-state index contributed by atoms with van der Waals surface area (Å²) in [5.41, 5.74) is 2.74. The van der Waals surface area contributed by atoms with Crippen molar-refractivity contribution >= 4 is 21.4 Å². The summed E-state index contributed by atoms with van der Waals surface area (Å²) in [5, 5.41) is 0. The monoisotopic (exact) mass is 242 g/mol. The number of benzene rings is 1. The molecule has 0 saturated carbocycles. The molecule has 16 heavy (non-hydrogen) atoms. The van der Waals surface area contributed by atoms with Crippen molar-refractivity contribution in [2.75, 3.05) is 29.5 Å². The SMILES string of the molecule is CCS(=O)(=O)Nc1ccc(N(C)C)c(C)c1. The number of rotatable bonds is 4. The molecule has 0 radical (unpaired) electrons. The first kappa shape index (κ1) is 12.8. The third-order valence-electron chi connectivity index (χ3n) is 2.33. The Kier molecular flexibility index (Phi) is 3.80. The van der Waals surface area contributed by atoms with Crippen LogP contribution in [0.25, 0.3) is 0 Å². The summed E-state index contributed by atoms with van der Waals surface area (Å²) in [7, 11) is 0.727. The van der Waals surface area contributed by atoms with Crippen molar-refractivity contribution in [1.82, 2.24) is 0 Å². The molecule has 0 saturated heterocycles. The topological polar surface area (TPSA) is 49.4 Å². The lowest BCUT2D eigenvalue weighted by Gasteiger charge is -2.16. The van der Waals surface area contributed by atoms with E-state index in [4.69, 9.17) is 0 Å². The molecule has 0 amide bonds. The Morgan fingerprint density at radius 1 is 1.31 bits per heavy atom. The third-order valence-corrected chi connectivity index (χ3v) is 3.64. The van der Waals surface area contributed by atoms with E-state index in [-0.39, 0.29) is 5.75 Å². The number of nitrogens with zero attached hydrogens (tertiary/aromatic N) is 1. The zero-order valence-electron chi connectivity index (χ0n) is 10.1.